The fourth-order valence-electron chi connectivity index (χ4n) is 3.43. The summed E-state index contributed by atoms with van der Waals surface area (Å²) in [6.45, 7) is 7.03. The molecule has 1 aromatic rings. The van der Waals surface area contributed by atoms with Gasteiger partial charge in [-0.15, -0.1) is 0 Å². The van der Waals surface area contributed by atoms with E-state index < -0.39 is 0 Å². The van der Waals surface area contributed by atoms with Crippen LogP contribution in [-0.4, -0.2) is 25.2 Å². The summed E-state index contributed by atoms with van der Waals surface area (Å²) in [4.78, 5) is 2.66. The highest BCUT2D eigenvalue weighted by atomic mass is 15.2. The topological polar surface area (TPSA) is 15.3 Å². The Morgan fingerprint density at radius 1 is 1.17 bits per heavy atom. The van der Waals surface area contributed by atoms with Crippen molar-refractivity contribution in [3.63, 3.8) is 0 Å². The van der Waals surface area contributed by atoms with Gasteiger partial charge in [-0.05, 0) is 43.7 Å². The molecule has 0 bridgehead atoms. The van der Waals surface area contributed by atoms with E-state index in [4.69, 9.17) is 0 Å². The van der Waals surface area contributed by atoms with Gasteiger partial charge in [0.25, 0.3) is 0 Å². The van der Waals surface area contributed by atoms with E-state index in [1.807, 2.05) is 0 Å². The lowest BCUT2D eigenvalue weighted by atomic mass is 9.90. The lowest BCUT2D eigenvalue weighted by Crippen LogP contribution is -2.51. The number of nitrogens with one attached hydrogen (secondary N) is 1. The number of nitrogens with zero attached hydrogens (tertiary/aromatic N) is 1. The van der Waals surface area contributed by atoms with Crippen LogP contribution in [0.2, 0.25) is 0 Å². The van der Waals surface area contributed by atoms with Crippen LogP contribution in [0.5, 0.6) is 0 Å². The molecule has 2 aliphatic heterocycles. The second-order valence-electron chi connectivity index (χ2n) is 6.13. The summed E-state index contributed by atoms with van der Waals surface area (Å²) in [6, 6.07) is 10.3. The van der Waals surface area contributed by atoms with E-state index in [-0.39, 0.29) is 0 Å². The quantitative estimate of drug-likeness (QED) is 0.817. The largest absolute Gasteiger partial charge is 0.367 e. The number of rotatable bonds is 1. The zero-order valence-corrected chi connectivity index (χ0v) is 11.5. The maximum Gasteiger partial charge on any atom is 0.0415 e. The smallest absolute Gasteiger partial charge is 0.0415 e. The first-order valence-electron chi connectivity index (χ1n) is 7.32. The number of benzene rings is 1. The predicted octanol–water partition coefficient (Wildman–Crippen LogP) is 2.83. The molecule has 0 amide bonds. The summed E-state index contributed by atoms with van der Waals surface area (Å²) in [6.07, 6.45) is 3.87. The first-order valence-corrected chi connectivity index (χ1v) is 7.32. The number of hydrogen-bond donors (Lipinski definition) is 1. The molecule has 18 heavy (non-hydrogen) atoms. The van der Waals surface area contributed by atoms with E-state index >= 15 is 0 Å². The molecule has 1 saturated heterocycles. The summed E-state index contributed by atoms with van der Waals surface area (Å²) in [5.74, 6) is 0.777. The van der Waals surface area contributed by atoms with E-state index in [0.717, 1.165) is 12.5 Å². The minimum atomic E-state index is 0.685. The third-order valence-corrected chi connectivity index (χ3v) is 4.45. The van der Waals surface area contributed by atoms with Crippen LogP contribution in [0, 0.1) is 5.92 Å². The molecular weight excluding hydrogens is 220 g/mol. The molecule has 2 nitrogen and oxygen atoms in total. The fraction of sp³-hybridized carbons (Fsp3) is 0.625. The van der Waals surface area contributed by atoms with Crippen molar-refractivity contribution in [2.75, 3.05) is 18.0 Å². The monoisotopic (exact) mass is 244 g/mol. The molecule has 1 aromatic carbocycles. The lowest BCUT2D eigenvalue weighted by Gasteiger charge is -2.43. The average molecular weight is 244 g/mol. The van der Waals surface area contributed by atoms with Crippen LogP contribution in [0.15, 0.2) is 24.3 Å². The molecule has 2 heteroatoms. The fourth-order valence-corrected chi connectivity index (χ4v) is 3.43. The van der Waals surface area contributed by atoms with Gasteiger partial charge in [0.2, 0.25) is 0 Å². The van der Waals surface area contributed by atoms with Gasteiger partial charge in [-0.3, -0.25) is 0 Å². The van der Waals surface area contributed by atoms with E-state index in [1.54, 1.807) is 0 Å². The Balaban J connectivity index is 1.84. The van der Waals surface area contributed by atoms with Crippen molar-refractivity contribution in [2.45, 2.75) is 45.2 Å². The van der Waals surface area contributed by atoms with Crippen molar-refractivity contribution < 1.29 is 0 Å². The first kappa shape index (κ1) is 12.0. The van der Waals surface area contributed by atoms with Gasteiger partial charge < -0.3 is 10.2 Å². The van der Waals surface area contributed by atoms with Crippen LogP contribution in [0.25, 0.3) is 0 Å². The standard InChI is InChI=1S/C16H24N2/c1-12-9-14-5-3-4-6-16(14)18(11-12)15-8-7-13(2)17-10-15/h3-6,12-13,15,17H,7-11H2,1-2H3. The van der Waals surface area contributed by atoms with Crippen LogP contribution in [0.3, 0.4) is 0 Å². The number of hydrogen-bond acceptors (Lipinski definition) is 2. The summed E-state index contributed by atoms with van der Waals surface area (Å²) in [5, 5.41) is 3.63. The summed E-state index contributed by atoms with van der Waals surface area (Å²) < 4.78 is 0. The van der Waals surface area contributed by atoms with Gasteiger partial charge in [0.1, 0.15) is 0 Å². The SMILES string of the molecule is CC1Cc2ccccc2N(C2CCC(C)NC2)C1. The number of anilines is 1. The van der Waals surface area contributed by atoms with E-state index in [1.165, 1.54) is 37.1 Å². The molecule has 1 fully saturated rings. The van der Waals surface area contributed by atoms with Gasteiger partial charge in [-0.2, -0.15) is 0 Å². The van der Waals surface area contributed by atoms with Crippen LogP contribution in [0.4, 0.5) is 5.69 Å². The van der Waals surface area contributed by atoms with Crippen molar-refractivity contribution >= 4 is 5.69 Å². The van der Waals surface area contributed by atoms with Crippen molar-refractivity contribution in [1.82, 2.24) is 5.32 Å². The molecule has 3 atom stereocenters. The number of para-hydroxylation sites is 1. The van der Waals surface area contributed by atoms with Crippen LogP contribution < -0.4 is 10.2 Å². The molecule has 2 heterocycles. The van der Waals surface area contributed by atoms with Gasteiger partial charge in [-0.25, -0.2) is 0 Å². The maximum atomic E-state index is 3.63. The van der Waals surface area contributed by atoms with Crippen molar-refractivity contribution in [3.8, 4) is 0 Å². The zero-order valence-electron chi connectivity index (χ0n) is 11.5. The molecule has 0 saturated carbocycles. The Labute approximate surface area is 110 Å². The summed E-state index contributed by atoms with van der Waals surface area (Å²) in [7, 11) is 0. The highest BCUT2D eigenvalue weighted by molar-refractivity contribution is 5.56. The molecule has 0 aliphatic carbocycles. The lowest BCUT2D eigenvalue weighted by molar-refractivity contribution is 0.352. The highest BCUT2D eigenvalue weighted by Crippen LogP contribution is 2.32. The molecule has 1 N–H and O–H groups in total. The molecule has 0 radical (unpaired) electrons. The molecule has 98 valence electrons. The molecule has 0 aromatic heterocycles. The van der Waals surface area contributed by atoms with E-state index in [2.05, 4.69) is 48.3 Å². The zero-order chi connectivity index (χ0) is 12.5. The van der Waals surface area contributed by atoms with E-state index in [0.29, 0.717) is 12.1 Å². The Bertz CT molecular complexity index is 407. The third-order valence-electron chi connectivity index (χ3n) is 4.45. The van der Waals surface area contributed by atoms with Crippen LogP contribution in [0.1, 0.15) is 32.3 Å². The maximum absolute atomic E-state index is 3.63. The number of piperidine rings is 1. The van der Waals surface area contributed by atoms with Crippen LogP contribution >= 0.6 is 0 Å². The van der Waals surface area contributed by atoms with Crippen molar-refractivity contribution in [3.05, 3.63) is 29.8 Å². The summed E-state index contributed by atoms with van der Waals surface area (Å²) in [5.41, 5.74) is 3.02. The normalized spacial score (nSPS) is 32.1. The van der Waals surface area contributed by atoms with Gasteiger partial charge in [0.15, 0.2) is 0 Å². The molecular formula is C16H24N2. The highest BCUT2D eigenvalue weighted by Gasteiger charge is 2.29. The Morgan fingerprint density at radius 2 is 2.00 bits per heavy atom. The Morgan fingerprint density at radius 3 is 2.78 bits per heavy atom. The van der Waals surface area contributed by atoms with Gasteiger partial charge in [0.05, 0.1) is 0 Å². The summed E-state index contributed by atoms with van der Waals surface area (Å²) >= 11 is 0. The first-order chi connectivity index (χ1) is 8.74. The van der Waals surface area contributed by atoms with Gasteiger partial charge >= 0.3 is 0 Å². The third kappa shape index (κ3) is 2.26. The molecule has 2 aliphatic rings. The molecule has 3 rings (SSSR count). The average Bonchev–Trinajstić information content (AvgIpc) is 2.38. The van der Waals surface area contributed by atoms with Crippen molar-refractivity contribution in [2.24, 2.45) is 5.92 Å². The van der Waals surface area contributed by atoms with Crippen molar-refractivity contribution in [1.29, 1.82) is 0 Å². The minimum absolute atomic E-state index is 0.685. The van der Waals surface area contributed by atoms with Gasteiger partial charge in [-0.1, -0.05) is 25.1 Å². The second kappa shape index (κ2) is 4.93. The van der Waals surface area contributed by atoms with Crippen LogP contribution in [-0.2, 0) is 6.42 Å². The molecule has 0 spiro atoms. The molecule has 3 unspecified atom stereocenters. The minimum Gasteiger partial charge on any atom is -0.367 e. The number of fused-ring (bicyclic) bond motifs is 1. The Hall–Kier alpha value is -1.02. The van der Waals surface area contributed by atoms with E-state index in [9.17, 15) is 0 Å². The second-order valence-corrected chi connectivity index (χ2v) is 6.13. The Kier molecular flexibility index (Phi) is 3.29. The predicted molar refractivity (Wildman–Crippen MR) is 77.1 cm³/mol. The van der Waals surface area contributed by atoms with Gasteiger partial charge in [0, 0.05) is 30.9 Å².